The molecule has 0 heterocycles. The number of carbonyl (C=O) groups is 1. The summed E-state index contributed by atoms with van der Waals surface area (Å²) in [6.45, 7) is 7.51. The van der Waals surface area contributed by atoms with Crippen molar-refractivity contribution in [3.05, 3.63) is 0 Å². The Labute approximate surface area is 79.3 Å². The van der Waals surface area contributed by atoms with Gasteiger partial charge in [0.15, 0.2) is 0 Å². The lowest BCUT2D eigenvalue weighted by molar-refractivity contribution is -0.126. The van der Waals surface area contributed by atoms with E-state index in [1.807, 2.05) is 27.7 Å². The number of rotatable bonds is 1. The van der Waals surface area contributed by atoms with Gasteiger partial charge in [-0.2, -0.15) is 0 Å². The lowest BCUT2D eigenvalue weighted by atomic mass is 9.78. The highest BCUT2D eigenvalue weighted by Gasteiger charge is 2.55. The molecular formula is C10H18NO2. The fraction of sp³-hybridized carbons (Fsp3) is 0.900. The second-order valence-corrected chi connectivity index (χ2v) is 5.35. The number of hydrogen-bond acceptors (Lipinski definition) is 1. The van der Waals surface area contributed by atoms with Crippen molar-refractivity contribution < 1.29 is 9.90 Å². The third-order valence-electron chi connectivity index (χ3n) is 3.36. The number of nitrogens with two attached hydrogens (primary N) is 1. The molecule has 13 heavy (non-hydrogen) atoms. The van der Waals surface area contributed by atoms with Crippen molar-refractivity contribution >= 4 is 5.91 Å². The molecule has 2 atom stereocenters. The standard InChI is InChI=1S/C10H18NO2/c1-9(2)5-6(7(11)12)10(3,4)8(9)13/h6,8H,5H2,1-4H3,(H2,11,12). The van der Waals surface area contributed by atoms with Crippen LogP contribution in [0.2, 0.25) is 0 Å². The largest absolute Gasteiger partial charge is 0.369 e. The summed E-state index contributed by atoms with van der Waals surface area (Å²) in [6.07, 6.45) is -0.0961. The SMILES string of the molecule is CC1(C)CC(C(N)=O)C(C)(C)C1[O]. The smallest absolute Gasteiger partial charge is 0.221 e. The maximum atomic E-state index is 11.9. The van der Waals surface area contributed by atoms with Gasteiger partial charge < -0.3 is 5.73 Å². The average molecular weight is 184 g/mol. The molecule has 1 fully saturated rings. The summed E-state index contributed by atoms with van der Waals surface area (Å²) in [5, 5.41) is 11.9. The van der Waals surface area contributed by atoms with Crippen LogP contribution in [0.1, 0.15) is 34.1 Å². The molecule has 0 aliphatic heterocycles. The number of amides is 1. The Kier molecular flexibility index (Phi) is 2.19. The van der Waals surface area contributed by atoms with E-state index in [0.29, 0.717) is 6.42 Å². The molecule has 1 saturated carbocycles. The van der Waals surface area contributed by atoms with Gasteiger partial charge in [0.25, 0.3) is 0 Å². The number of primary amides is 1. The zero-order valence-corrected chi connectivity index (χ0v) is 8.76. The predicted molar refractivity (Wildman–Crippen MR) is 49.3 cm³/mol. The lowest BCUT2D eigenvalue weighted by Crippen LogP contribution is -2.38. The van der Waals surface area contributed by atoms with Gasteiger partial charge in [-0.05, 0) is 11.8 Å². The molecule has 0 saturated heterocycles. The van der Waals surface area contributed by atoms with Gasteiger partial charge >= 0.3 is 0 Å². The third kappa shape index (κ3) is 1.46. The molecule has 75 valence electrons. The van der Waals surface area contributed by atoms with E-state index in [4.69, 9.17) is 5.73 Å². The Morgan fingerprint density at radius 2 is 1.77 bits per heavy atom. The summed E-state index contributed by atoms with van der Waals surface area (Å²) >= 11 is 0. The van der Waals surface area contributed by atoms with Crippen LogP contribution in [0.3, 0.4) is 0 Å². The summed E-state index contributed by atoms with van der Waals surface area (Å²) in [5.41, 5.74) is 4.46. The van der Waals surface area contributed by atoms with Crippen molar-refractivity contribution in [2.75, 3.05) is 0 Å². The summed E-state index contributed by atoms with van der Waals surface area (Å²) in [7, 11) is 0. The molecule has 3 heteroatoms. The average Bonchev–Trinajstić information content (AvgIpc) is 2.11. The zero-order chi connectivity index (χ0) is 10.4. The normalized spacial score (nSPS) is 36.1. The molecule has 2 unspecified atom stereocenters. The van der Waals surface area contributed by atoms with Gasteiger partial charge in [0.1, 0.15) is 6.10 Å². The van der Waals surface area contributed by atoms with Crippen LogP contribution in [0, 0.1) is 16.7 Å². The lowest BCUT2D eigenvalue weighted by Gasteiger charge is -2.29. The van der Waals surface area contributed by atoms with E-state index in [9.17, 15) is 9.90 Å². The van der Waals surface area contributed by atoms with Crippen LogP contribution in [-0.2, 0) is 9.90 Å². The van der Waals surface area contributed by atoms with Crippen molar-refractivity contribution in [3.8, 4) is 0 Å². The molecule has 2 N–H and O–H groups in total. The van der Waals surface area contributed by atoms with Crippen molar-refractivity contribution in [1.29, 1.82) is 0 Å². The molecule has 1 amide bonds. The monoisotopic (exact) mass is 184 g/mol. The van der Waals surface area contributed by atoms with Gasteiger partial charge in [0, 0.05) is 11.3 Å². The Hall–Kier alpha value is -0.570. The van der Waals surface area contributed by atoms with E-state index in [1.54, 1.807) is 0 Å². The second-order valence-electron chi connectivity index (χ2n) is 5.35. The fourth-order valence-electron chi connectivity index (χ4n) is 2.55. The van der Waals surface area contributed by atoms with Gasteiger partial charge in [0.05, 0.1) is 0 Å². The van der Waals surface area contributed by atoms with E-state index in [1.165, 1.54) is 0 Å². The molecule has 0 aromatic heterocycles. The van der Waals surface area contributed by atoms with Crippen LogP contribution in [0.5, 0.6) is 0 Å². The molecule has 0 aromatic rings. The van der Waals surface area contributed by atoms with Crippen molar-refractivity contribution in [2.45, 2.75) is 40.2 Å². The van der Waals surface area contributed by atoms with Gasteiger partial charge in [-0.25, -0.2) is 5.11 Å². The van der Waals surface area contributed by atoms with E-state index in [-0.39, 0.29) is 17.2 Å². The first-order valence-corrected chi connectivity index (χ1v) is 4.65. The highest BCUT2D eigenvalue weighted by molar-refractivity contribution is 5.78. The third-order valence-corrected chi connectivity index (χ3v) is 3.36. The Balaban J connectivity index is 3.00. The zero-order valence-electron chi connectivity index (χ0n) is 8.76. The van der Waals surface area contributed by atoms with Crippen LogP contribution < -0.4 is 5.73 Å². The van der Waals surface area contributed by atoms with Crippen molar-refractivity contribution in [2.24, 2.45) is 22.5 Å². The molecule has 0 aromatic carbocycles. The van der Waals surface area contributed by atoms with Gasteiger partial charge in [-0.1, -0.05) is 27.7 Å². The second kappa shape index (κ2) is 2.71. The maximum absolute atomic E-state index is 11.9. The van der Waals surface area contributed by atoms with E-state index in [2.05, 4.69) is 0 Å². The van der Waals surface area contributed by atoms with Crippen LogP contribution in [0.25, 0.3) is 0 Å². The summed E-state index contributed by atoms with van der Waals surface area (Å²) in [6, 6.07) is 0. The van der Waals surface area contributed by atoms with Crippen LogP contribution in [0.4, 0.5) is 0 Å². The van der Waals surface area contributed by atoms with Gasteiger partial charge in [-0.3, -0.25) is 4.79 Å². The number of carbonyl (C=O) groups excluding carboxylic acids is 1. The first-order valence-electron chi connectivity index (χ1n) is 4.65. The number of hydrogen-bond donors (Lipinski definition) is 1. The minimum atomic E-state index is -0.711. The highest BCUT2D eigenvalue weighted by atomic mass is 16.3. The molecule has 1 aliphatic rings. The molecular weight excluding hydrogens is 166 g/mol. The maximum Gasteiger partial charge on any atom is 0.221 e. The Morgan fingerprint density at radius 3 is 1.92 bits per heavy atom. The quantitative estimate of drug-likeness (QED) is 0.656. The van der Waals surface area contributed by atoms with Gasteiger partial charge in [0.2, 0.25) is 5.91 Å². The van der Waals surface area contributed by atoms with E-state index >= 15 is 0 Å². The van der Waals surface area contributed by atoms with Crippen molar-refractivity contribution in [1.82, 2.24) is 0 Å². The minimum Gasteiger partial charge on any atom is -0.369 e. The minimum absolute atomic E-state index is 0.273. The molecule has 3 nitrogen and oxygen atoms in total. The fourth-order valence-corrected chi connectivity index (χ4v) is 2.55. The van der Waals surface area contributed by atoms with Crippen LogP contribution in [-0.4, -0.2) is 12.0 Å². The van der Waals surface area contributed by atoms with E-state index < -0.39 is 11.5 Å². The summed E-state index contributed by atoms with van der Waals surface area (Å²) in [5.74, 6) is -0.610. The molecule has 1 radical (unpaired) electrons. The summed E-state index contributed by atoms with van der Waals surface area (Å²) < 4.78 is 0. The van der Waals surface area contributed by atoms with Crippen LogP contribution >= 0.6 is 0 Å². The highest BCUT2D eigenvalue weighted by Crippen LogP contribution is 2.52. The Bertz CT molecular complexity index is 233. The predicted octanol–water partition coefficient (Wildman–Crippen LogP) is 1.34. The molecule has 0 bridgehead atoms. The molecule has 1 aliphatic carbocycles. The van der Waals surface area contributed by atoms with Gasteiger partial charge in [-0.15, -0.1) is 0 Å². The first kappa shape index (κ1) is 10.5. The van der Waals surface area contributed by atoms with E-state index in [0.717, 1.165) is 0 Å². The molecule has 1 rings (SSSR count). The first-order chi connectivity index (χ1) is 5.69. The summed E-state index contributed by atoms with van der Waals surface area (Å²) in [4.78, 5) is 11.1. The van der Waals surface area contributed by atoms with Crippen molar-refractivity contribution in [3.63, 3.8) is 0 Å². The molecule has 0 spiro atoms. The van der Waals surface area contributed by atoms with Crippen LogP contribution in [0.15, 0.2) is 0 Å². The topological polar surface area (TPSA) is 63.0 Å². The Morgan fingerprint density at radius 1 is 1.31 bits per heavy atom.